The van der Waals surface area contributed by atoms with Gasteiger partial charge < -0.3 is 21.8 Å². The second-order valence-corrected chi connectivity index (χ2v) is 7.76. The number of amides is 1. The Bertz CT molecular complexity index is 892. The van der Waals surface area contributed by atoms with Gasteiger partial charge in [-0.3, -0.25) is 4.79 Å². The van der Waals surface area contributed by atoms with Gasteiger partial charge in [0, 0.05) is 36.3 Å². The summed E-state index contributed by atoms with van der Waals surface area (Å²) in [6, 6.07) is 6.26. The number of nitrogens with zero attached hydrogens (tertiary/aromatic N) is 1. The monoisotopic (exact) mass is 427 g/mol. The number of thiophene rings is 1. The minimum Gasteiger partial charge on any atom is -0.403 e. The molecule has 1 unspecified atom stereocenters. The zero-order valence-corrected chi connectivity index (χ0v) is 16.9. The number of halogens is 3. The van der Waals surface area contributed by atoms with Crippen molar-refractivity contribution in [3.05, 3.63) is 63.0 Å². The third-order valence-electron chi connectivity index (χ3n) is 4.36. The lowest BCUT2D eigenvalue weighted by Crippen LogP contribution is -2.41. The number of hydrazine groups is 1. The van der Waals surface area contributed by atoms with Crippen molar-refractivity contribution in [3.63, 3.8) is 0 Å². The molecule has 0 bridgehead atoms. The predicted octanol–water partition coefficient (Wildman–Crippen LogP) is 2.44. The summed E-state index contributed by atoms with van der Waals surface area (Å²) in [5.41, 5.74) is 11.9. The molecule has 1 amide bonds. The van der Waals surface area contributed by atoms with E-state index < -0.39 is 23.7 Å². The summed E-state index contributed by atoms with van der Waals surface area (Å²) in [5, 5.41) is 4.06. The first kappa shape index (κ1) is 22.7. The fraction of sp³-hybridized carbons (Fsp3) is 0.316. The molecule has 1 aromatic heterocycles. The van der Waals surface area contributed by atoms with Gasteiger partial charge in [-0.25, -0.2) is 5.84 Å². The zero-order valence-electron chi connectivity index (χ0n) is 16.1. The Balaban J connectivity index is 2.20. The number of nitrogens with one attached hydrogen (secondary N) is 1. The van der Waals surface area contributed by atoms with E-state index in [1.54, 1.807) is 13.1 Å². The van der Waals surface area contributed by atoms with Crippen LogP contribution in [0.5, 0.6) is 0 Å². The van der Waals surface area contributed by atoms with E-state index in [1.165, 1.54) is 40.7 Å². The Morgan fingerprint density at radius 1 is 1.34 bits per heavy atom. The van der Waals surface area contributed by atoms with Crippen LogP contribution in [0.3, 0.4) is 0 Å². The first-order valence-electron chi connectivity index (χ1n) is 8.75. The van der Waals surface area contributed by atoms with Crippen LogP contribution in [0.1, 0.15) is 31.2 Å². The van der Waals surface area contributed by atoms with Crippen LogP contribution >= 0.6 is 11.3 Å². The molecule has 1 heterocycles. The van der Waals surface area contributed by atoms with Crippen molar-refractivity contribution in [1.82, 2.24) is 10.3 Å². The average Bonchev–Trinajstić information content (AvgIpc) is 3.02. The van der Waals surface area contributed by atoms with Crippen LogP contribution < -0.4 is 22.6 Å². The van der Waals surface area contributed by atoms with Crippen LogP contribution in [0, 0.1) is 6.92 Å². The van der Waals surface area contributed by atoms with Gasteiger partial charge in [0.05, 0.1) is 16.1 Å². The minimum atomic E-state index is -4.47. The molecule has 0 saturated heterocycles. The Kier molecular flexibility index (Phi) is 7.28. The fourth-order valence-electron chi connectivity index (χ4n) is 2.94. The van der Waals surface area contributed by atoms with Crippen LogP contribution in [0.4, 0.5) is 13.2 Å². The Morgan fingerprint density at radius 2 is 2.00 bits per heavy atom. The predicted molar refractivity (Wildman–Crippen MR) is 109 cm³/mol. The molecule has 2 aromatic rings. The second-order valence-electron chi connectivity index (χ2n) is 6.51. The number of rotatable bonds is 7. The minimum absolute atomic E-state index is 0.00532. The van der Waals surface area contributed by atoms with Crippen LogP contribution in [0.2, 0.25) is 0 Å². The van der Waals surface area contributed by atoms with Crippen molar-refractivity contribution >= 4 is 22.9 Å². The Morgan fingerprint density at radius 3 is 2.55 bits per heavy atom. The van der Waals surface area contributed by atoms with Gasteiger partial charge >= 0.3 is 6.18 Å². The average molecular weight is 427 g/mol. The first-order valence-corrected chi connectivity index (χ1v) is 9.57. The number of alkyl halides is 3. The smallest absolute Gasteiger partial charge is 0.403 e. The van der Waals surface area contributed by atoms with E-state index in [-0.39, 0.29) is 18.5 Å². The molecule has 0 aliphatic heterocycles. The normalized spacial score (nSPS) is 13.3. The second kappa shape index (κ2) is 9.29. The summed E-state index contributed by atoms with van der Waals surface area (Å²) in [7, 11) is 1.62. The third kappa shape index (κ3) is 5.49. The van der Waals surface area contributed by atoms with Crippen molar-refractivity contribution in [1.29, 1.82) is 0 Å². The van der Waals surface area contributed by atoms with E-state index in [1.807, 2.05) is 6.92 Å². The molecule has 0 radical (unpaired) electrons. The van der Waals surface area contributed by atoms with Gasteiger partial charge in [0.25, 0.3) is 5.91 Å². The van der Waals surface area contributed by atoms with E-state index in [9.17, 15) is 18.0 Å². The van der Waals surface area contributed by atoms with Gasteiger partial charge in [0.15, 0.2) is 0 Å². The largest absolute Gasteiger partial charge is 0.416 e. The maximum Gasteiger partial charge on any atom is 0.416 e. The van der Waals surface area contributed by atoms with Crippen molar-refractivity contribution in [2.75, 3.05) is 13.6 Å². The number of hydrogen-bond donors (Lipinski definition) is 4. The van der Waals surface area contributed by atoms with Gasteiger partial charge in [0.1, 0.15) is 0 Å². The lowest BCUT2D eigenvalue weighted by atomic mass is 9.99. The highest BCUT2D eigenvalue weighted by atomic mass is 32.1. The van der Waals surface area contributed by atoms with Crippen molar-refractivity contribution in [2.45, 2.75) is 25.6 Å². The molecule has 158 valence electrons. The molecular weight excluding hydrogens is 403 g/mol. The molecule has 0 spiro atoms. The highest BCUT2D eigenvalue weighted by Gasteiger charge is 2.33. The zero-order chi connectivity index (χ0) is 21.8. The van der Waals surface area contributed by atoms with Crippen LogP contribution in [0.25, 0.3) is 5.70 Å². The summed E-state index contributed by atoms with van der Waals surface area (Å²) >= 11 is 1.24. The summed E-state index contributed by atoms with van der Waals surface area (Å²) in [6.07, 6.45) is -3.17. The third-order valence-corrected chi connectivity index (χ3v) is 5.41. The molecule has 10 heteroatoms. The van der Waals surface area contributed by atoms with E-state index in [0.717, 1.165) is 10.9 Å². The number of hydrogen-bond acceptors (Lipinski definition) is 6. The molecule has 7 N–H and O–H groups in total. The first-order chi connectivity index (χ1) is 13.6. The highest BCUT2D eigenvalue weighted by molar-refractivity contribution is 7.14. The molecule has 0 aliphatic carbocycles. The summed E-state index contributed by atoms with van der Waals surface area (Å²) in [4.78, 5) is 13.9. The SMILES string of the molecule is Cc1sc(C(=O)NC(CN)Cc2ccccc2C(F)(F)F)cc1C(=CN)N(C)N. The van der Waals surface area contributed by atoms with Gasteiger partial charge in [-0.1, -0.05) is 18.2 Å². The molecule has 1 atom stereocenters. The summed E-state index contributed by atoms with van der Waals surface area (Å²) in [6.45, 7) is 1.82. The van der Waals surface area contributed by atoms with E-state index in [0.29, 0.717) is 16.1 Å². The van der Waals surface area contributed by atoms with Crippen LogP contribution in [-0.4, -0.2) is 30.6 Å². The fourth-order valence-corrected chi connectivity index (χ4v) is 3.87. The van der Waals surface area contributed by atoms with Gasteiger partial charge in [-0.15, -0.1) is 11.3 Å². The van der Waals surface area contributed by atoms with Crippen molar-refractivity contribution in [3.8, 4) is 0 Å². The van der Waals surface area contributed by atoms with Gasteiger partial charge in [-0.2, -0.15) is 13.2 Å². The molecule has 0 saturated carbocycles. The van der Waals surface area contributed by atoms with Gasteiger partial charge in [0.2, 0.25) is 0 Å². The molecule has 0 fully saturated rings. The Hall–Kier alpha value is -2.56. The quantitative estimate of drug-likeness (QED) is 0.401. The van der Waals surface area contributed by atoms with Crippen LogP contribution in [-0.2, 0) is 12.6 Å². The lowest BCUT2D eigenvalue weighted by Gasteiger charge is -2.19. The molecule has 6 nitrogen and oxygen atoms in total. The number of nitrogens with two attached hydrogens (primary N) is 3. The summed E-state index contributed by atoms with van der Waals surface area (Å²) in [5.74, 6) is 5.34. The maximum atomic E-state index is 13.2. The van der Waals surface area contributed by atoms with Crippen molar-refractivity contribution in [2.24, 2.45) is 17.3 Å². The standard InChI is InChI=1S/C19H24F3N5OS/c1-11-14(16(10-24)27(2)25)8-17(29-11)18(28)26-13(9-23)7-12-5-3-4-6-15(12)19(20,21)22/h3-6,8,10,13H,7,9,23-25H2,1-2H3,(H,26,28). The van der Waals surface area contributed by atoms with Gasteiger partial charge in [-0.05, 0) is 31.0 Å². The molecule has 1 aromatic carbocycles. The maximum absolute atomic E-state index is 13.2. The van der Waals surface area contributed by atoms with E-state index >= 15 is 0 Å². The van der Waals surface area contributed by atoms with Crippen molar-refractivity contribution < 1.29 is 18.0 Å². The number of carbonyl (C=O) groups is 1. The number of carbonyl (C=O) groups excluding carboxylic acids is 1. The molecular formula is C19H24F3N5OS. The molecule has 2 rings (SSSR count). The topological polar surface area (TPSA) is 110 Å². The number of aryl methyl sites for hydroxylation is 1. The number of benzene rings is 1. The summed E-state index contributed by atoms with van der Waals surface area (Å²) < 4.78 is 39.6. The Labute approximate surface area is 171 Å². The van der Waals surface area contributed by atoms with E-state index in [4.69, 9.17) is 17.3 Å². The van der Waals surface area contributed by atoms with Crippen LogP contribution in [0.15, 0.2) is 36.5 Å². The molecule has 29 heavy (non-hydrogen) atoms. The lowest BCUT2D eigenvalue weighted by molar-refractivity contribution is -0.138. The van der Waals surface area contributed by atoms with E-state index in [2.05, 4.69) is 5.32 Å². The molecule has 0 aliphatic rings. The highest BCUT2D eigenvalue weighted by Crippen LogP contribution is 2.32.